The van der Waals surface area contributed by atoms with Gasteiger partial charge in [0.25, 0.3) is 5.91 Å². The van der Waals surface area contributed by atoms with Gasteiger partial charge in [-0.15, -0.1) is 0 Å². The van der Waals surface area contributed by atoms with Crippen LogP contribution in [0.1, 0.15) is 40.4 Å². The van der Waals surface area contributed by atoms with Crippen molar-refractivity contribution in [2.75, 3.05) is 13.1 Å². The lowest BCUT2D eigenvalue weighted by molar-refractivity contribution is -0.132. The quantitative estimate of drug-likeness (QED) is 0.819. The van der Waals surface area contributed by atoms with Crippen LogP contribution in [0.15, 0.2) is 55.1 Å². The predicted molar refractivity (Wildman–Crippen MR) is 102 cm³/mol. The molecule has 2 aromatic rings. The van der Waals surface area contributed by atoms with Crippen molar-refractivity contribution in [3.63, 3.8) is 0 Å². The van der Waals surface area contributed by atoms with Gasteiger partial charge in [-0.1, -0.05) is 48.5 Å². The number of carbonyl (C=O) groups is 2. The summed E-state index contributed by atoms with van der Waals surface area (Å²) in [6, 6.07) is 15.0. The number of fused-ring (bicyclic) bond motifs is 1. The zero-order valence-electron chi connectivity index (χ0n) is 14.3. The Balaban J connectivity index is 1.52. The second-order valence-electron chi connectivity index (χ2n) is 6.68. The molecule has 5 heteroatoms. The molecule has 2 aromatic carbocycles. The van der Waals surface area contributed by atoms with E-state index >= 15 is 0 Å². The first-order chi connectivity index (χ1) is 12.6. The molecule has 132 valence electrons. The number of hydrogen-bond donors (Lipinski definition) is 0. The highest BCUT2D eigenvalue weighted by atomic mass is 35.5. The van der Waals surface area contributed by atoms with Crippen LogP contribution in [0.25, 0.3) is 5.70 Å². The highest BCUT2D eigenvalue weighted by Gasteiger charge is 2.36. The predicted octanol–water partition coefficient (Wildman–Crippen LogP) is 4.13. The fourth-order valence-corrected chi connectivity index (χ4v) is 3.95. The minimum atomic E-state index is -0.152. The molecule has 1 unspecified atom stereocenters. The van der Waals surface area contributed by atoms with E-state index in [0.717, 1.165) is 24.0 Å². The first kappa shape index (κ1) is 16.9. The van der Waals surface area contributed by atoms with Crippen LogP contribution >= 0.6 is 11.6 Å². The van der Waals surface area contributed by atoms with Crippen LogP contribution in [0.2, 0.25) is 5.02 Å². The van der Waals surface area contributed by atoms with Crippen molar-refractivity contribution in [1.29, 1.82) is 0 Å². The van der Waals surface area contributed by atoms with Crippen LogP contribution in [-0.2, 0) is 4.79 Å². The molecule has 0 bridgehead atoms. The Kier molecular flexibility index (Phi) is 4.29. The molecule has 0 N–H and O–H groups in total. The molecular weight excluding hydrogens is 348 g/mol. The standard InChI is InChI=1S/C21H19ClN2O2/c1-14-17-5-2-3-6-18(17)21(26)24(14)13-20(25)23-12-4-7-19(23)15-8-10-16(22)11-9-15/h2-3,5-6,8-11,19H,1,4,7,12-13H2. The summed E-state index contributed by atoms with van der Waals surface area (Å²) in [5, 5.41) is 0.682. The van der Waals surface area contributed by atoms with Crippen molar-refractivity contribution < 1.29 is 9.59 Å². The lowest BCUT2D eigenvalue weighted by Crippen LogP contribution is -2.39. The molecule has 0 aliphatic carbocycles. The molecule has 1 atom stereocenters. The summed E-state index contributed by atoms with van der Waals surface area (Å²) >= 11 is 5.97. The average molecular weight is 367 g/mol. The first-order valence-corrected chi connectivity index (χ1v) is 9.09. The fraction of sp³-hybridized carbons (Fsp3) is 0.238. The van der Waals surface area contributed by atoms with Crippen LogP contribution in [0.3, 0.4) is 0 Å². The van der Waals surface area contributed by atoms with Gasteiger partial charge in [-0.25, -0.2) is 0 Å². The number of hydrogen-bond acceptors (Lipinski definition) is 2. The van der Waals surface area contributed by atoms with E-state index in [1.54, 1.807) is 6.07 Å². The fourth-order valence-electron chi connectivity index (χ4n) is 3.82. The number of halogens is 1. The van der Waals surface area contributed by atoms with Gasteiger partial charge in [0.15, 0.2) is 0 Å². The minimum absolute atomic E-state index is 0.0242. The van der Waals surface area contributed by atoms with Crippen molar-refractivity contribution in [2.45, 2.75) is 18.9 Å². The summed E-state index contributed by atoms with van der Waals surface area (Å²) in [5.74, 6) is -0.203. The van der Waals surface area contributed by atoms with Crippen LogP contribution in [0.5, 0.6) is 0 Å². The third-order valence-electron chi connectivity index (χ3n) is 5.16. The molecule has 4 nitrogen and oxygen atoms in total. The summed E-state index contributed by atoms with van der Waals surface area (Å²) in [6.45, 7) is 4.74. The van der Waals surface area contributed by atoms with Gasteiger partial charge < -0.3 is 4.90 Å². The number of benzene rings is 2. The first-order valence-electron chi connectivity index (χ1n) is 8.71. The van der Waals surface area contributed by atoms with Crippen LogP contribution < -0.4 is 0 Å². The third kappa shape index (κ3) is 2.80. The minimum Gasteiger partial charge on any atom is -0.334 e. The summed E-state index contributed by atoms with van der Waals surface area (Å²) in [7, 11) is 0. The van der Waals surface area contributed by atoms with Crippen LogP contribution in [0, 0.1) is 0 Å². The van der Waals surface area contributed by atoms with Crippen molar-refractivity contribution >= 4 is 29.1 Å². The van der Waals surface area contributed by atoms with Crippen molar-refractivity contribution in [2.24, 2.45) is 0 Å². The zero-order chi connectivity index (χ0) is 18.3. The van der Waals surface area contributed by atoms with Crippen LogP contribution in [-0.4, -0.2) is 34.7 Å². The lowest BCUT2D eigenvalue weighted by Gasteiger charge is -2.27. The van der Waals surface area contributed by atoms with E-state index in [9.17, 15) is 9.59 Å². The molecule has 0 aromatic heterocycles. The monoisotopic (exact) mass is 366 g/mol. The highest BCUT2D eigenvalue weighted by molar-refractivity contribution is 6.30. The van der Waals surface area contributed by atoms with E-state index in [1.165, 1.54) is 4.90 Å². The van der Waals surface area contributed by atoms with E-state index < -0.39 is 0 Å². The van der Waals surface area contributed by atoms with Crippen molar-refractivity contribution in [1.82, 2.24) is 9.80 Å². The van der Waals surface area contributed by atoms with Crippen molar-refractivity contribution in [3.8, 4) is 0 Å². The molecule has 2 aliphatic heterocycles. The van der Waals surface area contributed by atoms with Gasteiger partial charge in [0.2, 0.25) is 5.91 Å². The second-order valence-corrected chi connectivity index (χ2v) is 7.12. The molecular formula is C21H19ClN2O2. The maximum Gasteiger partial charge on any atom is 0.259 e. The van der Waals surface area contributed by atoms with Gasteiger partial charge in [-0.3, -0.25) is 14.5 Å². The highest BCUT2D eigenvalue weighted by Crippen LogP contribution is 2.35. The molecule has 0 radical (unpaired) electrons. The Morgan fingerprint density at radius 3 is 2.50 bits per heavy atom. The molecule has 1 saturated heterocycles. The molecule has 2 aliphatic rings. The van der Waals surface area contributed by atoms with Gasteiger partial charge in [0.1, 0.15) is 6.54 Å². The number of rotatable bonds is 3. The van der Waals surface area contributed by atoms with Gasteiger partial charge in [-0.05, 0) is 36.6 Å². The molecule has 2 amide bonds. The number of carbonyl (C=O) groups excluding carboxylic acids is 2. The molecule has 26 heavy (non-hydrogen) atoms. The van der Waals surface area contributed by atoms with E-state index in [0.29, 0.717) is 22.8 Å². The Hall–Kier alpha value is -2.59. The topological polar surface area (TPSA) is 40.6 Å². The smallest absolute Gasteiger partial charge is 0.259 e. The average Bonchev–Trinajstić information content (AvgIpc) is 3.23. The molecule has 4 rings (SSSR count). The zero-order valence-corrected chi connectivity index (χ0v) is 15.1. The van der Waals surface area contributed by atoms with E-state index in [2.05, 4.69) is 6.58 Å². The van der Waals surface area contributed by atoms with Crippen LogP contribution in [0.4, 0.5) is 0 Å². The molecule has 0 saturated carbocycles. The van der Waals surface area contributed by atoms with Crippen molar-refractivity contribution in [3.05, 3.63) is 76.8 Å². The van der Waals surface area contributed by atoms with E-state index in [4.69, 9.17) is 11.6 Å². The van der Waals surface area contributed by atoms with Gasteiger partial charge in [-0.2, -0.15) is 0 Å². The third-order valence-corrected chi connectivity index (χ3v) is 5.41. The Morgan fingerprint density at radius 1 is 1.12 bits per heavy atom. The number of amides is 2. The molecule has 1 fully saturated rings. The van der Waals surface area contributed by atoms with E-state index in [-0.39, 0.29) is 24.4 Å². The maximum atomic E-state index is 13.0. The van der Waals surface area contributed by atoms with E-state index in [1.807, 2.05) is 47.4 Å². The number of likely N-dealkylation sites (tertiary alicyclic amines) is 1. The largest absolute Gasteiger partial charge is 0.334 e. The van der Waals surface area contributed by atoms with Gasteiger partial charge >= 0.3 is 0 Å². The summed E-state index contributed by atoms with van der Waals surface area (Å²) < 4.78 is 0. The number of nitrogens with zero attached hydrogens (tertiary/aromatic N) is 2. The summed E-state index contributed by atoms with van der Waals surface area (Å²) in [6.07, 6.45) is 1.87. The summed E-state index contributed by atoms with van der Waals surface area (Å²) in [5.41, 5.74) is 3.10. The summed E-state index contributed by atoms with van der Waals surface area (Å²) in [4.78, 5) is 28.9. The van der Waals surface area contributed by atoms with Gasteiger partial charge in [0, 0.05) is 28.4 Å². The lowest BCUT2D eigenvalue weighted by atomic mass is 10.0. The normalized spacial score (nSPS) is 19.2. The maximum absolute atomic E-state index is 13.0. The SMILES string of the molecule is C=C1c2ccccc2C(=O)N1CC(=O)N1CCCC1c1ccc(Cl)cc1. The van der Waals surface area contributed by atoms with Gasteiger partial charge in [0.05, 0.1) is 6.04 Å². The Labute approximate surface area is 157 Å². The second kappa shape index (κ2) is 6.61. The molecule has 2 heterocycles. The Bertz CT molecular complexity index is 856. The molecule has 0 spiro atoms. The Morgan fingerprint density at radius 2 is 1.81 bits per heavy atom.